The van der Waals surface area contributed by atoms with E-state index in [0.29, 0.717) is 12.2 Å². The second kappa shape index (κ2) is 4.85. The molecular formula is C18H17BrO. The van der Waals surface area contributed by atoms with E-state index < -0.39 is 0 Å². The van der Waals surface area contributed by atoms with Gasteiger partial charge in [0.2, 0.25) is 0 Å². The lowest BCUT2D eigenvalue weighted by atomic mass is 9.55. The minimum absolute atomic E-state index is 0.289. The first kappa shape index (κ1) is 13.6. The van der Waals surface area contributed by atoms with E-state index >= 15 is 0 Å². The molecule has 0 heterocycles. The van der Waals surface area contributed by atoms with Gasteiger partial charge in [0.15, 0.2) is 0 Å². The van der Waals surface area contributed by atoms with Gasteiger partial charge < -0.3 is 0 Å². The van der Waals surface area contributed by atoms with Crippen LogP contribution in [-0.2, 0) is 10.2 Å². The van der Waals surface area contributed by atoms with E-state index in [1.165, 1.54) is 11.1 Å². The second-order valence-electron chi connectivity index (χ2n) is 5.80. The summed E-state index contributed by atoms with van der Waals surface area (Å²) < 4.78 is 1.04. The third-order valence-corrected chi connectivity index (χ3v) is 5.12. The number of carbonyl (C=O) groups is 1. The monoisotopic (exact) mass is 328 g/mol. The first-order valence-corrected chi connectivity index (χ1v) is 7.67. The van der Waals surface area contributed by atoms with Crippen molar-refractivity contribution >= 4 is 21.7 Å². The van der Waals surface area contributed by atoms with Crippen LogP contribution in [0, 0.1) is 6.92 Å². The summed E-state index contributed by atoms with van der Waals surface area (Å²) in [4.78, 5) is 12.3. The van der Waals surface area contributed by atoms with Gasteiger partial charge in [0.1, 0.15) is 5.78 Å². The molecule has 0 spiro atoms. The van der Waals surface area contributed by atoms with Crippen LogP contribution in [0.5, 0.6) is 0 Å². The van der Waals surface area contributed by atoms with Crippen molar-refractivity contribution in [1.82, 2.24) is 0 Å². The maximum Gasteiger partial charge on any atom is 0.144 e. The average molecular weight is 329 g/mol. The number of halogens is 1. The van der Waals surface area contributed by atoms with E-state index in [1.807, 2.05) is 12.1 Å². The minimum Gasteiger partial charge on any atom is -0.299 e. The highest BCUT2D eigenvalue weighted by molar-refractivity contribution is 9.10. The van der Waals surface area contributed by atoms with Gasteiger partial charge in [0.25, 0.3) is 0 Å². The molecule has 0 aromatic heterocycles. The Morgan fingerprint density at radius 2 is 1.65 bits per heavy atom. The SMILES string of the molecule is Cc1ccc([C@H]2CC(=O)[C@@]2(C)c2ccc(Br)cc2)cc1. The number of benzene rings is 2. The third kappa shape index (κ3) is 2.03. The molecule has 2 aromatic carbocycles. The van der Waals surface area contributed by atoms with Crippen LogP contribution in [0.4, 0.5) is 0 Å². The lowest BCUT2D eigenvalue weighted by Gasteiger charge is -2.46. The molecule has 1 saturated carbocycles. The van der Waals surface area contributed by atoms with Gasteiger partial charge in [-0.25, -0.2) is 0 Å². The standard InChI is InChI=1S/C18H17BrO/c1-12-3-5-13(6-4-12)16-11-17(20)18(16,2)14-7-9-15(19)10-8-14/h3-10,16H,11H2,1-2H3/t16-,18+/m1/s1. The van der Waals surface area contributed by atoms with Gasteiger partial charge in [-0.3, -0.25) is 4.79 Å². The molecular weight excluding hydrogens is 312 g/mol. The van der Waals surface area contributed by atoms with Crippen LogP contribution in [0.15, 0.2) is 53.0 Å². The predicted molar refractivity (Wildman–Crippen MR) is 85.0 cm³/mol. The van der Waals surface area contributed by atoms with Crippen LogP contribution in [-0.4, -0.2) is 5.78 Å². The van der Waals surface area contributed by atoms with Crippen LogP contribution >= 0.6 is 15.9 Å². The summed E-state index contributed by atoms with van der Waals surface area (Å²) in [6.45, 7) is 4.16. The molecule has 20 heavy (non-hydrogen) atoms. The first-order valence-electron chi connectivity index (χ1n) is 6.87. The summed E-state index contributed by atoms with van der Waals surface area (Å²) in [6.07, 6.45) is 0.648. The van der Waals surface area contributed by atoms with Crippen molar-refractivity contribution < 1.29 is 4.79 Å². The Labute approximate surface area is 128 Å². The minimum atomic E-state index is -0.379. The van der Waals surface area contributed by atoms with E-state index in [4.69, 9.17) is 0 Å². The highest BCUT2D eigenvalue weighted by Crippen LogP contribution is 2.51. The Morgan fingerprint density at radius 3 is 2.20 bits per heavy atom. The second-order valence-corrected chi connectivity index (χ2v) is 6.72. The molecule has 2 aromatic rings. The van der Waals surface area contributed by atoms with Gasteiger partial charge in [0, 0.05) is 16.8 Å². The van der Waals surface area contributed by atoms with Gasteiger partial charge in [0.05, 0.1) is 5.41 Å². The highest BCUT2D eigenvalue weighted by atomic mass is 79.9. The Morgan fingerprint density at radius 1 is 1.05 bits per heavy atom. The molecule has 0 saturated heterocycles. The fraction of sp³-hybridized carbons (Fsp3) is 0.278. The van der Waals surface area contributed by atoms with Crippen LogP contribution in [0.25, 0.3) is 0 Å². The molecule has 0 amide bonds. The van der Waals surface area contributed by atoms with Gasteiger partial charge in [-0.15, -0.1) is 0 Å². The molecule has 0 aliphatic heterocycles. The third-order valence-electron chi connectivity index (χ3n) is 4.59. The molecule has 0 N–H and O–H groups in total. The summed E-state index contributed by atoms with van der Waals surface area (Å²) in [5.74, 6) is 0.627. The van der Waals surface area contributed by atoms with Crippen LogP contribution in [0.1, 0.15) is 36.0 Å². The summed E-state index contributed by atoms with van der Waals surface area (Å²) in [6, 6.07) is 16.7. The maximum absolute atomic E-state index is 12.3. The van der Waals surface area contributed by atoms with E-state index in [0.717, 1.165) is 10.0 Å². The lowest BCUT2D eigenvalue weighted by molar-refractivity contribution is -0.133. The van der Waals surface area contributed by atoms with E-state index in [1.54, 1.807) is 0 Å². The zero-order chi connectivity index (χ0) is 14.3. The molecule has 1 aliphatic rings. The molecule has 2 heteroatoms. The predicted octanol–water partition coefficient (Wildman–Crippen LogP) is 4.77. The molecule has 1 nitrogen and oxygen atoms in total. The van der Waals surface area contributed by atoms with Crippen molar-refractivity contribution in [2.75, 3.05) is 0 Å². The molecule has 0 radical (unpaired) electrons. The average Bonchev–Trinajstić information content (AvgIpc) is 2.46. The number of hydrogen-bond donors (Lipinski definition) is 0. The fourth-order valence-electron chi connectivity index (χ4n) is 3.07. The molecule has 3 rings (SSSR count). The number of hydrogen-bond acceptors (Lipinski definition) is 1. The van der Waals surface area contributed by atoms with Gasteiger partial charge in [-0.1, -0.05) is 57.9 Å². The number of ketones is 1. The van der Waals surface area contributed by atoms with Crippen molar-refractivity contribution in [3.8, 4) is 0 Å². The smallest absolute Gasteiger partial charge is 0.144 e. The van der Waals surface area contributed by atoms with Crippen molar-refractivity contribution in [3.63, 3.8) is 0 Å². The summed E-state index contributed by atoms with van der Waals surface area (Å²) in [5.41, 5.74) is 3.25. The van der Waals surface area contributed by atoms with Crippen LogP contribution < -0.4 is 0 Å². The van der Waals surface area contributed by atoms with Crippen molar-refractivity contribution in [2.24, 2.45) is 0 Å². The van der Waals surface area contributed by atoms with Crippen molar-refractivity contribution in [2.45, 2.75) is 31.6 Å². The molecule has 1 aliphatic carbocycles. The zero-order valence-electron chi connectivity index (χ0n) is 11.7. The van der Waals surface area contributed by atoms with Crippen LogP contribution in [0.2, 0.25) is 0 Å². The normalized spacial score (nSPS) is 25.4. The number of rotatable bonds is 2. The zero-order valence-corrected chi connectivity index (χ0v) is 13.3. The number of carbonyl (C=O) groups excluding carboxylic acids is 1. The summed E-state index contributed by atoms with van der Waals surface area (Å²) in [5, 5.41) is 0. The Kier molecular flexibility index (Phi) is 3.29. The molecule has 102 valence electrons. The topological polar surface area (TPSA) is 17.1 Å². The van der Waals surface area contributed by atoms with Gasteiger partial charge in [-0.05, 0) is 37.1 Å². The van der Waals surface area contributed by atoms with E-state index in [9.17, 15) is 4.79 Å². The maximum atomic E-state index is 12.3. The van der Waals surface area contributed by atoms with E-state index in [2.05, 4.69) is 66.2 Å². The van der Waals surface area contributed by atoms with Crippen molar-refractivity contribution in [3.05, 3.63) is 69.7 Å². The first-order chi connectivity index (χ1) is 9.51. The van der Waals surface area contributed by atoms with Crippen LogP contribution in [0.3, 0.4) is 0 Å². The van der Waals surface area contributed by atoms with Crippen molar-refractivity contribution in [1.29, 1.82) is 0 Å². The summed E-state index contributed by atoms with van der Waals surface area (Å²) in [7, 11) is 0. The molecule has 1 fully saturated rings. The van der Waals surface area contributed by atoms with E-state index in [-0.39, 0.29) is 11.3 Å². The number of Topliss-reactive ketones (excluding diaryl/α,β-unsaturated/α-hetero) is 1. The Balaban J connectivity index is 1.99. The molecule has 0 unspecified atom stereocenters. The lowest BCUT2D eigenvalue weighted by Crippen LogP contribution is -2.49. The van der Waals surface area contributed by atoms with Gasteiger partial charge >= 0.3 is 0 Å². The molecule has 2 atom stereocenters. The summed E-state index contributed by atoms with van der Waals surface area (Å²) >= 11 is 3.45. The Hall–Kier alpha value is -1.41. The highest BCUT2D eigenvalue weighted by Gasteiger charge is 2.52. The Bertz CT molecular complexity index is 642. The number of aryl methyl sites for hydroxylation is 1. The quantitative estimate of drug-likeness (QED) is 0.775. The largest absolute Gasteiger partial charge is 0.299 e. The van der Waals surface area contributed by atoms with Gasteiger partial charge in [-0.2, -0.15) is 0 Å². The fourth-order valence-corrected chi connectivity index (χ4v) is 3.34. The molecule has 0 bridgehead atoms.